The molecule has 0 bridgehead atoms. The Balaban J connectivity index is 2.00. The quantitative estimate of drug-likeness (QED) is 0.495. The Morgan fingerprint density at radius 2 is 1.76 bits per heavy atom. The molecule has 0 spiro atoms. The van der Waals surface area contributed by atoms with E-state index in [1.807, 2.05) is 30.9 Å². The van der Waals surface area contributed by atoms with Crippen LogP contribution in [-0.4, -0.2) is 42.0 Å². The van der Waals surface area contributed by atoms with Crippen LogP contribution in [0.25, 0.3) is 10.2 Å². The van der Waals surface area contributed by atoms with Gasteiger partial charge in [0.15, 0.2) is 5.13 Å². The molecular formula is C24H31N3OS. The summed E-state index contributed by atoms with van der Waals surface area (Å²) in [5, 5.41) is 0.784. The highest BCUT2D eigenvalue weighted by molar-refractivity contribution is 7.22. The van der Waals surface area contributed by atoms with Crippen LogP contribution in [0, 0.1) is 13.8 Å². The van der Waals surface area contributed by atoms with E-state index in [-0.39, 0.29) is 5.91 Å². The summed E-state index contributed by atoms with van der Waals surface area (Å²) in [6.07, 6.45) is 0.996. The number of thiazole rings is 1. The van der Waals surface area contributed by atoms with Crippen molar-refractivity contribution < 1.29 is 4.79 Å². The summed E-state index contributed by atoms with van der Waals surface area (Å²) < 4.78 is 1.14. The summed E-state index contributed by atoms with van der Waals surface area (Å²) in [7, 11) is 0. The average Bonchev–Trinajstić information content (AvgIpc) is 3.15. The fraction of sp³-hybridized carbons (Fsp3) is 0.417. The summed E-state index contributed by atoms with van der Waals surface area (Å²) in [6.45, 7) is 13.9. The molecule has 0 aliphatic rings. The van der Waals surface area contributed by atoms with Crippen molar-refractivity contribution in [3.8, 4) is 0 Å². The molecule has 5 heteroatoms. The van der Waals surface area contributed by atoms with Crippen molar-refractivity contribution in [2.45, 2.75) is 41.0 Å². The number of carbonyl (C=O) groups excluding carboxylic acids is 1. The van der Waals surface area contributed by atoms with Crippen LogP contribution in [-0.2, 0) is 6.42 Å². The highest BCUT2D eigenvalue weighted by atomic mass is 32.1. The minimum atomic E-state index is 0.0353. The molecule has 4 nitrogen and oxygen atoms in total. The standard InChI is InChI=1S/C24H31N3OS/c1-6-19-11-12-21-22(16-19)29-24(25-21)27(14-13-26(7-2)8-3)23(28)20-15-17(4)9-10-18(20)5/h9-12,15-16H,6-8,13-14H2,1-5H3. The number of amides is 1. The lowest BCUT2D eigenvalue weighted by Crippen LogP contribution is -2.39. The largest absolute Gasteiger partial charge is 0.302 e. The summed E-state index contributed by atoms with van der Waals surface area (Å²) in [4.78, 5) is 22.6. The van der Waals surface area contributed by atoms with Gasteiger partial charge in [-0.1, -0.05) is 55.9 Å². The Hall–Kier alpha value is -2.24. The molecule has 0 atom stereocenters. The van der Waals surface area contributed by atoms with Gasteiger partial charge in [-0.15, -0.1) is 0 Å². The van der Waals surface area contributed by atoms with Crippen LogP contribution in [0.2, 0.25) is 0 Å². The minimum absolute atomic E-state index is 0.0353. The van der Waals surface area contributed by atoms with Crippen LogP contribution in [0.3, 0.4) is 0 Å². The highest BCUT2D eigenvalue weighted by Crippen LogP contribution is 2.31. The fourth-order valence-corrected chi connectivity index (χ4v) is 4.52. The first-order valence-corrected chi connectivity index (χ1v) is 11.3. The van der Waals surface area contributed by atoms with Crippen LogP contribution in [0.15, 0.2) is 36.4 Å². The van der Waals surface area contributed by atoms with Crippen LogP contribution in [0.1, 0.15) is 47.8 Å². The topological polar surface area (TPSA) is 36.4 Å². The van der Waals surface area contributed by atoms with Crippen molar-refractivity contribution in [3.63, 3.8) is 0 Å². The first-order valence-electron chi connectivity index (χ1n) is 10.5. The van der Waals surface area contributed by atoms with Gasteiger partial charge in [-0.25, -0.2) is 4.98 Å². The molecule has 154 valence electrons. The number of likely N-dealkylation sites (N-methyl/N-ethyl adjacent to an activating group) is 1. The van der Waals surface area contributed by atoms with E-state index in [1.165, 1.54) is 5.56 Å². The molecule has 0 radical (unpaired) electrons. The molecule has 3 aromatic rings. The smallest absolute Gasteiger partial charge is 0.260 e. The number of nitrogens with zero attached hydrogens (tertiary/aromatic N) is 3. The SMILES string of the molecule is CCc1ccc2nc(N(CCN(CC)CC)C(=O)c3cc(C)ccc3C)sc2c1. The molecule has 0 aliphatic heterocycles. The first-order chi connectivity index (χ1) is 14.0. The molecule has 1 heterocycles. The van der Waals surface area contributed by atoms with Crippen LogP contribution < -0.4 is 4.90 Å². The molecule has 1 aromatic heterocycles. The lowest BCUT2D eigenvalue weighted by atomic mass is 10.0. The zero-order chi connectivity index (χ0) is 21.0. The molecule has 3 rings (SSSR count). The monoisotopic (exact) mass is 409 g/mol. The van der Waals surface area contributed by atoms with Crippen LogP contribution in [0.4, 0.5) is 5.13 Å². The zero-order valence-corrected chi connectivity index (χ0v) is 19.0. The summed E-state index contributed by atoms with van der Waals surface area (Å²) in [6, 6.07) is 12.5. The molecule has 0 unspecified atom stereocenters. The third kappa shape index (κ3) is 4.85. The van der Waals surface area contributed by atoms with Gasteiger partial charge < -0.3 is 4.90 Å². The number of fused-ring (bicyclic) bond motifs is 1. The maximum atomic E-state index is 13.6. The number of carbonyl (C=O) groups is 1. The van der Waals surface area contributed by atoms with Crippen molar-refractivity contribution in [2.24, 2.45) is 0 Å². The van der Waals surface area contributed by atoms with Crippen LogP contribution >= 0.6 is 11.3 Å². The number of benzene rings is 2. The Kier molecular flexibility index (Phi) is 7.04. The summed E-state index contributed by atoms with van der Waals surface area (Å²) >= 11 is 1.61. The van der Waals surface area contributed by atoms with E-state index in [9.17, 15) is 4.79 Å². The molecule has 29 heavy (non-hydrogen) atoms. The number of anilines is 1. The average molecular weight is 410 g/mol. The van der Waals surface area contributed by atoms with Gasteiger partial charge in [0.1, 0.15) is 0 Å². The summed E-state index contributed by atoms with van der Waals surface area (Å²) in [5.41, 5.74) is 5.12. The maximum Gasteiger partial charge on any atom is 0.260 e. The van der Waals surface area contributed by atoms with Gasteiger partial charge in [-0.2, -0.15) is 0 Å². The third-order valence-electron chi connectivity index (χ3n) is 5.48. The second kappa shape index (κ2) is 9.51. The number of aryl methyl sites for hydroxylation is 3. The van der Waals surface area contributed by atoms with E-state index in [1.54, 1.807) is 11.3 Å². The predicted molar refractivity (Wildman–Crippen MR) is 124 cm³/mol. The zero-order valence-electron chi connectivity index (χ0n) is 18.2. The minimum Gasteiger partial charge on any atom is -0.302 e. The molecule has 0 N–H and O–H groups in total. The Labute approximate surface area is 178 Å². The van der Waals surface area contributed by atoms with Crippen molar-refractivity contribution in [1.29, 1.82) is 0 Å². The van der Waals surface area contributed by atoms with Crippen molar-refractivity contribution >= 4 is 32.6 Å². The fourth-order valence-electron chi connectivity index (χ4n) is 3.47. The Bertz CT molecular complexity index is 991. The Morgan fingerprint density at radius 3 is 2.45 bits per heavy atom. The molecule has 0 saturated heterocycles. The van der Waals surface area contributed by atoms with E-state index >= 15 is 0 Å². The summed E-state index contributed by atoms with van der Waals surface area (Å²) in [5.74, 6) is 0.0353. The number of aromatic nitrogens is 1. The van der Waals surface area contributed by atoms with Gasteiger partial charge in [0.05, 0.1) is 10.2 Å². The van der Waals surface area contributed by atoms with E-state index in [0.717, 1.165) is 58.1 Å². The molecule has 0 aliphatic carbocycles. The molecule has 1 amide bonds. The normalized spacial score (nSPS) is 11.4. The van der Waals surface area contributed by atoms with E-state index in [0.29, 0.717) is 6.54 Å². The number of rotatable bonds is 8. The second-order valence-corrected chi connectivity index (χ2v) is 8.46. The first kappa shape index (κ1) is 21.5. The number of hydrogen-bond acceptors (Lipinski definition) is 4. The third-order valence-corrected chi connectivity index (χ3v) is 6.52. The number of hydrogen-bond donors (Lipinski definition) is 0. The van der Waals surface area contributed by atoms with E-state index < -0.39 is 0 Å². The van der Waals surface area contributed by atoms with Crippen molar-refractivity contribution in [3.05, 3.63) is 58.7 Å². The van der Waals surface area contributed by atoms with E-state index in [2.05, 4.69) is 49.9 Å². The van der Waals surface area contributed by atoms with Gasteiger partial charge in [-0.3, -0.25) is 9.69 Å². The van der Waals surface area contributed by atoms with Gasteiger partial charge in [-0.05, 0) is 62.7 Å². The van der Waals surface area contributed by atoms with Crippen molar-refractivity contribution in [2.75, 3.05) is 31.1 Å². The second-order valence-electron chi connectivity index (χ2n) is 7.45. The van der Waals surface area contributed by atoms with Gasteiger partial charge >= 0.3 is 0 Å². The predicted octanol–water partition coefficient (Wildman–Crippen LogP) is 5.46. The molecule has 0 saturated carbocycles. The van der Waals surface area contributed by atoms with Gasteiger partial charge in [0.2, 0.25) is 0 Å². The molecular weight excluding hydrogens is 378 g/mol. The van der Waals surface area contributed by atoms with E-state index in [4.69, 9.17) is 4.98 Å². The Morgan fingerprint density at radius 1 is 1.00 bits per heavy atom. The molecule has 2 aromatic carbocycles. The van der Waals surface area contributed by atoms with Crippen molar-refractivity contribution in [1.82, 2.24) is 9.88 Å². The highest BCUT2D eigenvalue weighted by Gasteiger charge is 2.23. The van der Waals surface area contributed by atoms with Gasteiger partial charge in [0, 0.05) is 18.7 Å². The lowest BCUT2D eigenvalue weighted by molar-refractivity contribution is 0.0983. The molecule has 0 fully saturated rings. The maximum absolute atomic E-state index is 13.6. The lowest BCUT2D eigenvalue weighted by Gasteiger charge is -2.25. The van der Waals surface area contributed by atoms with Crippen LogP contribution in [0.5, 0.6) is 0 Å². The van der Waals surface area contributed by atoms with Gasteiger partial charge in [0.25, 0.3) is 5.91 Å².